The zero-order valence-corrected chi connectivity index (χ0v) is 12.5. The Bertz CT molecular complexity index is 849. The summed E-state index contributed by atoms with van der Waals surface area (Å²) in [6, 6.07) is 15.2. The molecule has 1 N–H and O–H groups in total. The van der Waals surface area contributed by atoms with Gasteiger partial charge in [0.1, 0.15) is 19.3 Å². The number of rotatable bonds is 6. The van der Waals surface area contributed by atoms with Crippen LogP contribution in [0.1, 0.15) is 11.1 Å². The summed E-state index contributed by atoms with van der Waals surface area (Å²) < 4.78 is 13.2. The summed E-state index contributed by atoms with van der Waals surface area (Å²) in [7, 11) is 0. The summed E-state index contributed by atoms with van der Waals surface area (Å²) in [4.78, 5) is 0. The third kappa shape index (κ3) is 3.12. The van der Waals surface area contributed by atoms with Crippen LogP contribution in [0.25, 0.3) is 5.52 Å². The van der Waals surface area contributed by atoms with Crippen molar-refractivity contribution >= 4 is 5.52 Å². The van der Waals surface area contributed by atoms with E-state index < -0.39 is 0 Å². The maximum atomic E-state index is 9.40. The molecule has 0 atom stereocenters. The first-order valence-corrected chi connectivity index (χ1v) is 7.27. The number of nitrogens with zero attached hydrogens (tertiary/aromatic N) is 2. The number of benzene rings is 1. The molecule has 5 heteroatoms. The van der Waals surface area contributed by atoms with Gasteiger partial charge in [-0.2, -0.15) is 5.26 Å². The second-order valence-corrected chi connectivity index (χ2v) is 4.94. The molecule has 0 bridgehead atoms. The van der Waals surface area contributed by atoms with Crippen LogP contribution in [0, 0.1) is 11.3 Å². The number of hydrogen-bond acceptors (Lipinski definition) is 4. The van der Waals surface area contributed by atoms with Crippen LogP contribution in [0.5, 0.6) is 11.5 Å². The smallest absolute Gasteiger partial charge is 0.161 e. The minimum absolute atomic E-state index is 0.0577. The SMILES string of the molecule is N#Cc1c(COc2ccccc2OCCO)cn2ccccc12. The number of aromatic nitrogens is 1. The third-order valence-corrected chi connectivity index (χ3v) is 3.46. The van der Waals surface area contributed by atoms with Crippen LogP contribution in [0.4, 0.5) is 0 Å². The molecule has 0 aliphatic carbocycles. The minimum Gasteiger partial charge on any atom is -0.487 e. The summed E-state index contributed by atoms with van der Waals surface area (Å²) in [5.41, 5.74) is 2.29. The molecule has 0 amide bonds. The molecular formula is C18H16N2O3. The normalized spacial score (nSPS) is 10.4. The molecular weight excluding hydrogens is 292 g/mol. The van der Waals surface area contributed by atoms with E-state index in [1.54, 1.807) is 12.1 Å². The van der Waals surface area contributed by atoms with E-state index in [1.165, 1.54) is 0 Å². The van der Waals surface area contributed by atoms with E-state index in [9.17, 15) is 5.26 Å². The van der Waals surface area contributed by atoms with E-state index in [2.05, 4.69) is 6.07 Å². The molecule has 0 radical (unpaired) electrons. The molecule has 2 heterocycles. The lowest BCUT2D eigenvalue weighted by Gasteiger charge is -2.11. The van der Waals surface area contributed by atoms with Gasteiger partial charge < -0.3 is 19.0 Å². The van der Waals surface area contributed by atoms with Gasteiger partial charge in [0, 0.05) is 18.0 Å². The Morgan fingerprint density at radius 3 is 2.52 bits per heavy atom. The van der Waals surface area contributed by atoms with Gasteiger partial charge in [-0.1, -0.05) is 18.2 Å². The maximum Gasteiger partial charge on any atom is 0.161 e. The number of para-hydroxylation sites is 2. The number of hydrogen-bond donors (Lipinski definition) is 1. The van der Waals surface area contributed by atoms with Gasteiger partial charge in [-0.15, -0.1) is 0 Å². The Kier molecular flexibility index (Phi) is 4.46. The van der Waals surface area contributed by atoms with E-state index in [4.69, 9.17) is 14.6 Å². The highest BCUT2D eigenvalue weighted by Gasteiger charge is 2.12. The van der Waals surface area contributed by atoms with Crippen molar-refractivity contribution in [3.05, 3.63) is 66.0 Å². The highest BCUT2D eigenvalue weighted by molar-refractivity contribution is 5.65. The van der Waals surface area contributed by atoms with E-state index in [0.717, 1.165) is 11.1 Å². The fraction of sp³-hybridized carbons (Fsp3) is 0.167. The number of pyridine rings is 1. The van der Waals surface area contributed by atoms with E-state index in [0.29, 0.717) is 17.1 Å². The Balaban J connectivity index is 1.83. The van der Waals surface area contributed by atoms with Crippen LogP contribution in [-0.4, -0.2) is 22.7 Å². The lowest BCUT2D eigenvalue weighted by atomic mass is 10.2. The van der Waals surface area contributed by atoms with E-state index in [-0.39, 0.29) is 19.8 Å². The summed E-state index contributed by atoms with van der Waals surface area (Å²) in [6.45, 7) is 0.418. The molecule has 0 fully saturated rings. The highest BCUT2D eigenvalue weighted by Crippen LogP contribution is 2.28. The van der Waals surface area contributed by atoms with Crippen LogP contribution in [-0.2, 0) is 6.61 Å². The van der Waals surface area contributed by atoms with Gasteiger partial charge in [-0.05, 0) is 24.3 Å². The Morgan fingerprint density at radius 2 is 1.78 bits per heavy atom. The van der Waals surface area contributed by atoms with Crippen LogP contribution < -0.4 is 9.47 Å². The molecule has 2 aromatic heterocycles. The fourth-order valence-corrected chi connectivity index (χ4v) is 2.42. The predicted octanol–water partition coefficient (Wildman–Crippen LogP) is 2.76. The highest BCUT2D eigenvalue weighted by atomic mass is 16.5. The molecule has 0 unspecified atom stereocenters. The molecule has 0 spiro atoms. The monoisotopic (exact) mass is 308 g/mol. The first-order valence-electron chi connectivity index (χ1n) is 7.27. The maximum absolute atomic E-state index is 9.40. The summed E-state index contributed by atoms with van der Waals surface area (Å²) in [5, 5.41) is 18.3. The zero-order valence-electron chi connectivity index (χ0n) is 12.5. The lowest BCUT2D eigenvalue weighted by molar-refractivity contribution is 0.192. The Morgan fingerprint density at radius 1 is 1.04 bits per heavy atom. The minimum atomic E-state index is -0.0577. The van der Waals surface area contributed by atoms with Crippen molar-refractivity contribution in [1.29, 1.82) is 5.26 Å². The first kappa shape index (κ1) is 14.9. The number of ether oxygens (including phenoxy) is 2. The Hall–Kier alpha value is -2.97. The largest absolute Gasteiger partial charge is 0.487 e. The van der Waals surface area contributed by atoms with Gasteiger partial charge in [0.2, 0.25) is 0 Å². The van der Waals surface area contributed by atoms with Gasteiger partial charge in [0.15, 0.2) is 11.5 Å². The van der Waals surface area contributed by atoms with Crippen LogP contribution >= 0.6 is 0 Å². The van der Waals surface area contributed by atoms with Crippen molar-refractivity contribution in [2.75, 3.05) is 13.2 Å². The molecule has 3 aromatic rings. The van der Waals surface area contributed by atoms with Crippen molar-refractivity contribution in [3.8, 4) is 17.6 Å². The van der Waals surface area contributed by atoms with Gasteiger partial charge in [0.25, 0.3) is 0 Å². The molecule has 0 aliphatic heterocycles. The van der Waals surface area contributed by atoms with Gasteiger partial charge in [-0.25, -0.2) is 0 Å². The quantitative estimate of drug-likeness (QED) is 0.760. The molecule has 3 rings (SSSR count). The van der Waals surface area contributed by atoms with Gasteiger partial charge in [0.05, 0.1) is 17.7 Å². The van der Waals surface area contributed by atoms with Crippen molar-refractivity contribution in [1.82, 2.24) is 4.40 Å². The van der Waals surface area contributed by atoms with Crippen LogP contribution in [0.3, 0.4) is 0 Å². The second-order valence-electron chi connectivity index (χ2n) is 4.94. The number of aliphatic hydroxyl groups is 1. The Labute approximate surface area is 133 Å². The topological polar surface area (TPSA) is 66.9 Å². The van der Waals surface area contributed by atoms with Crippen molar-refractivity contribution in [2.45, 2.75) is 6.61 Å². The molecule has 23 heavy (non-hydrogen) atoms. The van der Waals surface area contributed by atoms with Crippen molar-refractivity contribution < 1.29 is 14.6 Å². The number of fused-ring (bicyclic) bond motifs is 1. The molecule has 5 nitrogen and oxygen atoms in total. The van der Waals surface area contributed by atoms with Gasteiger partial charge >= 0.3 is 0 Å². The first-order chi connectivity index (χ1) is 11.3. The van der Waals surface area contributed by atoms with E-state index >= 15 is 0 Å². The molecule has 0 aliphatic rings. The molecule has 1 aromatic carbocycles. The molecule has 0 saturated heterocycles. The standard InChI is InChI=1S/C18H16N2O3/c19-11-15-14(12-20-8-4-3-5-16(15)20)13-23-18-7-2-1-6-17(18)22-10-9-21/h1-8,12,21H,9-10,13H2. The lowest BCUT2D eigenvalue weighted by Crippen LogP contribution is -2.04. The molecule has 0 saturated carbocycles. The summed E-state index contributed by atoms with van der Waals surface area (Å²) in [5.74, 6) is 1.16. The summed E-state index contributed by atoms with van der Waals surface area (Å²) >= 11 is 0. The van der Waals surface area contributed by atoms with E-state index in [1.807, 2.05) is 47.1 Å². The number of nitriles is 1. The van der Waals surface area contributed by atoms with Crippen molar-refractivity contribution in [2.24, 2.45) is 0 Å². The fourth-order valence-electron chi connectivity index (χ4n) is 2.42. The van der Waals surface area contributed by atoms with Crippen LogP contribution in [0.2, 0.25) is 0 Å². The predicted molar refractivity (Wildman–Crippen MR) is 85.5 cm³/mol. The molecule has 116 valence electrons. The van der Waals surface area contributed by atoms with Crippen molar-refractivity contribution in [3.63, 3.8) is 0 Å². The van der Waals surface area contributed by atoms with Gasteiger partial charge in [-0.3, -0.25) is 0 Å². The second kappa shape index (κ2) is 6.86. The number of aliphatic hydroxyl groups excluding tert-OH is 1. The zero-order chi connectivity index (χ0) is 16.1. The average molecular weight is 308 g/mol. The summed E-state index contributed by atoms with van der Waals surface area (Å²) in [6.07, 6.45) is 3.79. The van der Waals surface area contributed by atoms with Crippen LogP contribution in [0.15, 0.2) is 54.9 Å². The average Bonchev–Trinajstić information content (AvgIpc) is 2.96. The third-order valence-electron chi connectivity index (χ3n) is 3.46.